The Kier molecular flexibility index (Phi) is 7.82. The predicted octanol–water partition coefficient (Wildman–Crippen LogP) is 1.38. The third kappa shape index (κ3) is 4.59. The summed E-state index contributed by atoms with van der Waals surface area (Å²) in [5.41, 5.74) is 0. The van der Waals surface area contributed by atoms with Gasteiger partial charge in [0.25, 0.3) is 10.2 Å². The Morgan fingerprint density at radius 3 is 2.75 bits per heavy atom. The van der Waals surface area contributed by atoms with Crippen molar-refractivity contribution in [2.24, 2.45) is 0 Å². The summed E-state index contributed by atoms with van der Waals surface area (Å²) in [6.45, 7) is 3.37. The summed E-state index contributed by atoms with van der Waals surface area (Å²) < 4.78 is 28.8. The molecule has 2 atom stereocenters. The largest absolute Gasteiger partial charge is 0.318 e. The van der Waals surface area contributed by atoms with E-state index in [1.165, 1.54) is 0 Å². The van der Waals surface area contributed by atoms with Crippen LogP contribution >= 0.6 is 11.8 Å². The fourth-order valence-corrected chi connectivity index (χ4v) is 4.96. The Morgan fingerprint density at radius 1 is 1.45 bits per heavy atom. The first-order valence-corrected chi connectivity index (χ1v) is 10.1. The van der Waals surface area contributed by atoms with Gasteiger partial charge in [0.2, 0.25) is 0 Å². The molecule has 1 rings (SSSR count). The van der Waals surface area contributed by atoms with Gasteiger partial charge < -0.3 is 5.32 Å². The van der Waals surface area contributed by atoms with Crippen molar-refractivity contribution in [2.75, 3.05) is 39.2 Å². The molecule has 0 aromatic carbocycles. The number of nitrogens with one attached hydrogen (secondary N) is 1. The van der Waals surface area contributed by atoms with Gasteiger partial charge in [0, 0.05) is 32.2 Å². The van der Waals surface area contributed by atoms with Gasteiger partial charge in [0.15, 0.2) is 0 Å². The molecule has 7 heteroatoms. The Hall–Kier alpha value is 0.180. The molecule has 0 radical (unpaired) electrons. The molecule has 5 nitrogen and oxygen atoms in total. The van der Waals surface area contributed by atoms with Crippen LogP contribution in [0.2, 0.25) is 0 Å². The summed E-state index contributed by atoms with van der Waals surface area (Å²) >= 11 is 1.76. The Balaban J connectivity index is 2.78. The number of hydrogen-bond acceptors (Lipinski definition) is 4. The molecule has 0 aliphatic carbocycles. The van der Waals surface area contributed by atoms with E-state index in [4.69, 9.17) is 0 Å². The Bertz CT molecular complexity index is 374. The topological polar surface area (TPSA) is 52.7 Å². The molecule has 0 bridgehead atoms. The molecule has 0 aromatic heterocycles. The van der Waals surface area contributed by atoms with E-state index in [1.807, 2.05) is 14.0 Å². The number of hydrogen-bond donors (Lipinski definition) is 1. The van der Waals surface area contributed by atoms with E-state index < -0.39 is 10.2 Å². The van der Waals surface area contributed by atoms with Gasteiger partial charge in [-0.05, 0) is 45.2 Å². The van der Waals surface area contributed by atoms with E-state index in [0.29, 0.717) is 6.54 Å². The minimum atomic E-state index is -3.35. The molecular formula is C13H29N3O2S2. The van der Waals surface area contributed by atoms with Crippen LogP contribution in [0.4, 0.5) is 0 Å². The highest BCUT2D eigenvalue weighted by Crippen LogP contribution is 2.23. The van der Waals surface area contributed by atoms with E-state index >= 15 is 0 Å². The first-order chi connectivity index (χ1) is 9.45. The minimum absolute atomic E-state index is 0.0459. The number of thioether (sulfide) groups is 1. The van der Waals surface area contributed by atoms with Gasteiger partial charge in [-0.3, -0.25) is 0 Å². The van der Waals surface area contributed by atoms with Crippen LogP contribution in [0.15, 0.2) is 0 Å². The molecule has 1 heterocycles. The normalized spacial score (nSPS) is 23.1. The number of likely N-dealkylation sites (N-methyl/N-ethyl adjacent to an activating group) is 1. The molecule has 1 fully saturated rings. The molecule has 0 spiro atoms. The lowest BCUT2D eigenvalue weighted by molar-refractivity contribution is 0.225. The van der Waals surface area contributed by atoms with Crippen LogP contribution in [-0.2, 0) is 10.2 Å². The summed E-state index contributed by atoms with van der Waals surface area (Å²) in [5, 5.41) is 3.11. The van der Waals surface area contributed by atoms with Crippen LogP contribution in [-0.4, -0.2) is 68.3 Å². The number of rotatable bonds is 8. The molecule has 1 aliphatic rings. The predicted molar refractivity (Wildman–Crippen MR) is 87.4 cm³/mol. The van der Waals surface area contributed by atoms with Crippen molar-refractivity contribution in [3.63, 3.8) is 0 Å². The SMILES string of the molecule is CNCC1CCCCN1S(=O)(=O)N(C)C(C)CCSC. The van der Waals surface area contributed by atoms with Crippen LogP contribution < -0.4 is 5.32 Å². The van der Waals surface area contributed by atoms with Crippen molar-refractivity contribution in [3.05, 3.63) is 0 Å². The summed E-state index contributed by atoms with van der Waals surface area (Å²) in [4.78, 5) is 0. The fraction of sp³-hybridized carbons (Fsp3) is 1.00. The van der Waals surface area contributed by atoms with Gasteiger partial charge in [-0.2, -0.15) is 28.8 Å². The quantitative estimate of drug-likeness (QED) is 0.733. The monoisotopic (exact) mass is 323 g/mol. The minimum Gasteiger partial charge on any atom is -0.318 e. The smallest absolute Gasteiger partial charge is 0.282 e. The van der Waals surface area contributed by atoms with Gasteiger partial charge >= 0.3 is 0 Å². The fourth-order valence-electron chi connectivity index (χ4n) is 2.58. The van der Waals surface area contributed by atoms with Crippen molar-refractivity contribution < 1.29 is 8.42 Å². The van der Waals surface area contributed by atoms with Crippen LogP contribution in [0.25, 0.3) is 0 Å². The van der Waals surface area contributed by atoms with E-state index in [1.54, 1.807) is 27.4 Å². The van der Waals surface area contributed by atoms with E-state index in [-0.39, 0.29) is 12.1 Å². The molecule has 120 valence electrons. The third-order valence-electron chi connectivity index (χ3n) is 4.03. The second kappa shape index (κ2) is 8.58. The lowest BCUT2D eigenvalue weighted by Gasteiger charge is -2.38. The van der Waals surface area contributed by atoms with Crippen LogP contribution in [0.3, 0.4) is 0 Å². The molecule has 0 saturated carbocycles. The van der Waals surface area contributed by atoms with Crippen molar-refractivity contribution in [3.8, 4) is 0 Å². The van der Waals surface area contributed by atoms with Crippen LogP contribution in [0, 0.1) is 0 Å². The average Bonchev–Trinajstić information content (AvgIpc) is 2.44. The van der Waals surface area contributed by atoms with Crippen molar-refractivity contribution >= 4 is 22.0 Å². The molecule has 1 N–H and O–H groups in total. The zero-order chi connectivity index (χ0) is 15.2. The Morgan fingerprint density at radius 2 is 2.15 bits per heavy atom. The van der Waals surface area contributed by atoms with Crippen molar-refractivity contribution in [1.82, 2.24) is 13.9 Å². The van der Waals surface area contributed by atoms with Gasteiger partial charge in [0.05, 0.1) is 0 Å². The number of piperidine rings is 1. The molecule has 20 heavy (non-hydrogen) atoms. The highest BCUT2D eigenvalue weighted by Gasteiger charge is 2.36. The van der Waals surface area contributed by atoms with Crippen LogP contribution in [0.1, 0.15) is 32.6 Å². The zero-order valence-electron chi connectivity index (χ0n) is 13.1. The summed E-state index contributed by atoms with van der Waals surface area (Å²) in [6.07, 6.45) is 5.97. The summed E-state index contributed by atoms with van der Waals surface area (Å²) in [6, 6.07) is 0.138. The highest BCUT2D eigenvalue weighted by atomic mass is 32.2. The molecule has 1 aliphatic heterocycles. The van der Waals surface area contributed by atoms with Crippen molar-refractivity contribution in [2.45, 2.75) is 44.7 Å². The molecule has 0 aromatic rings. The van der Waals surface area contributed by atoms with Gasteiger partial charge in [-0.15, -0.1) is 0 Å². The highest BCUT2D eigenvalue weighted by molar-refractivity contribution is 7.98. The first-order valence-electron chi connectivity index (χ1n) is 7.33. The number of nitrogens with zero attached hydrogens (tertiary/aromatic N) is 2. The molecule has 1 saturated heterocycles. The lowest BCUT2D eigenvalue weighted by atomic mass is 10.1. The van der Waals surface area contributed by atoms with E-state index in [9.17, 15) is 8.42 Å². The van der Waals surface area contributed by atoms with Crippen LogP contribution in [0.5, 0.6) is 0 Å². The van der Waals surface area contributed by atoms with Gasteiger partial charge in [0.1, 0.15) is 0 Å². The second-order valence-corrected chi connectivity index (χ2v) is 8.40. The van der Waals surface area contributed by atoms with E-state index in [0.717, 1.165) is 38.0 Å². The molecule has 0 amide bonds. The molecular weight excluding hydrogens is 294 g/mol. The maximum absolute atomic E-state index is 12.8. The van der Waals surface area contributed by atoms with Gasteiger partial charge in [-0.1, -0.05) is 6.42 Å². The maximum atomic E-state index is 12.8. The third-order valence-corrected chi connectivity index (χ3v) is 6.84. The summed E-state index contributed by atoms with van der Waals surface area (Å²) in [5.74, 6) is 0.987. The average molecular weight is 324 g/mol. The maximum Gasteiger partial charge on any atom is 0.282 e. The zero-order valence-corrected chi connectivity index (χ0v) is 14.8. The second-order valence-electron chi connectivity index (χ2n) is 5.47. The van der Waals surface area contributed by atoms with E-state index in [2.05, 4.69) is 11.6 Å². The summed E-state index contributed by atoms with van der Waals surface area (Å²) in [7, 11) is 0.247. The lowest BCUT2D eigenvalue weighted by Crippen LogP contribution is -2.54. The van der Waals surface area contributed by atoms with Crippen molar-refractivity contribution in [1.29, 1.82) is 0 Å². The standard InChI is InChI=1S/C13H29N3O2S2/c1-12(8-10-19-4)15(3)20(17,18)16-9-6-5-7-13(16)11-14-2/h12-14H,5-11H2,1-4H3. The Labute approximate surface area is 128 Å². The molecule has 2 unspecified atom stereocenters. The van der Waals surface area contributed by atoms with Gasteiger partial charge in [-0.25, -0.2) is 0 Å². The first kappa shape index (κ1) is 18.2.